The molecule has 0 saturated carbocycles. The molecule has 3 saturated heterocycles. The zero-order valence-electron chi connectivity index (χ0n) is 19.6. The van der Waals surface area contributed by atoms with E-state index in [2.05, 4.69) is 26.2 Å². The van der Waals surface area contributed by atoms with Crippen LogP contribution in [0, 0.1) is 5.92 Å². The summed E-state index contributed by atoms with van der Waals surface area (Å²) in [5.74, 6) is -0.264. The number of carbonyl (C=O) groups excluding carboxylic acids is 1. The number of pyridine rings is 1. The number of benzene rings is 1. The van der Waals surface area contributed by atoms with Crippen LogP contribution in [0.25, 0.3) is 10.9 Å². The van der Waals surface area contributed by atoms with Gasteiger partial charge in [-0.3, -0.25) is 25.3 Å². The van der Waals surface area contributed by atoms with Crippen molar-refractivity contribution in [3.05, 3.63) is 42.1 Å². The fraction of sp³-hybridized carbons (Fsp3) is 0.600. The summed E-state index contributed by atoms with van der Waals surface area (Å²) in [6.45, 7) is 7.26. The van der Waals surface area contributed by atoms with E-state index < -0.39 is 11.5 Å². The third kappa shape index (κ3) is 4.90. The maximum absolute atomic E-state index is 13.5. The summed E-state index contributed by atoms with van der Waals surface area (Å²) in [6, 6.07) is 12.3. The molecular formula is C25H36N6O2. The van der Waals surface area contributed by atoms with Crippen molar-refractivity contribution in [3.8, 4) is 0 Å². The first-order chi connectivity index (χ1) is 15.9. The van der Waals surface area contributed by atoms with Crippen LogP contribution in [0.3, 0.4) is 0 Å². The summed E-state index contributed by atoms with van der Waals surface area (Å²) in [5, 5.41) is 25.6. The zero-order chi connectivity index (χ0) is 23.0. The Balaban J connectivity index is 1.39. The van der Waals surface area contributed by atoms with Gasteiger partial charge in [0, 0.05) is 37.0 Å². The number of fused-ring (bicyclic) bond motifs is 1. The van der Waals surface area contributed by atoms with Crippen LogP contribution in [0.2, 0.25) is 0 Å². The molecule has 8 heteroatoms. The van der Waals surface area contributed by atoms with Gasteiger partial charge in [-0.15, -0.1) is 0 Å². The molecule has 5 rings (SSSR count). The van der Waals surface area contributed by atoms with Crippen LogP contribution in [-0.2, 0) is 4.79 Å². The number of aliphatic hydroxyl groups is 1. The minimum Gasteiger partial charge on any atom is -0.390 e. The Morgan fingerprint density at radius 1 is 1.18 bits per heavy atom. The number of aromatic nitrogens is 1. The lowest BCUT2D eigenvalue weighted by Crippen LogP contribution is -2.70. The summed E-state index contributed by atoms with van der Waals surface area (Å²) >= 11 is 0. The molecular weight excluding hydrogens is 416 g/mol. The molecule has 2 aromatic rings. The molecule has 0 spiro atoms. The summed E-state index contributed by atoms with van der Waals surface area (Å²) in [4.78, 5) is 20.6. The van der Waals surface area contributed by atoms with Gasteiger partial charge in [0.05, 0.1) is 23.0 Å². The zero-order valence-corrected chi connectivity index (χ0v) is 19.6. The van der Waals surface area contributed by atoms with Gasteiger partial charge in [0.15, 0.2) is 0 Å². The van der Waals surface area contributed by atoms with E-state index in [9.17, 15) is 9.90 Å². The third-order valence-electron chi connectivity index (χ3n) is 7.47. The van der Waals surface area contributed by atoms with Crippen molar-refractivity contribution >= 4 is 16.8 Å². The molecule has 1 aromatic heterocycles. The van der Waals surface area contributed by atoms with Crippen molar-refractivity contribution in [2.75, 3.05) is 26.2 Å². The van der Waals surface area contributed by atoms with Crippen molar-refractivity contribution in [3.63, 3.8) is 0 Å². The molecule has 178 valence electrons. The lowest BCUT2D eigenvalue weighted by molar-refractivity contribution is -0.129. The molecule has 1 amide bonds. The molecule has 0 bridgehead atoms. The molecule has 3 fully saturated rings. The van der Waals surface area contributed by atoms with Crippen molar-refractivity contribution in [2.45, 2.75) is 63.1 Å². The monoisotopic (exact) mass is 452 g/mol. The van der Waals surface area contributed by atoms with E-state index >= 15 is 0 Å². The van der Waals surface area contributed by atoms with Crippen molar-refractivity contribution in [1.82, 2.24) is 31.2 Å². The molecule has 8 nitrogen and oxygen atoms in total. The molecule has 3 aliphatic rings. The number of piperidine rings is 1. The fourth-order valence-electron chi connectivity index (χ4n) is 5.43. The van der Waals surface area contributed by atoms with Crippen LogP contribution in [0.5, 0.6) is 0 Å². The number of nitrogens with zero attached hydrogens (tertiary/aromatic N) is 2. The van der Waals surface area contributed by atoms with Crippen molar-refractivity contribution in [1.29, 1.82) is 0 Å². The van der Waals surface area contributed by atoms with E-state index in [0.717, 1.165) is 62.0 Å². The SMILES string of the molecule is CC(C)(O)C1CCN(C2NC(=O)C(c3ccc4ccccc4n3)C(N[C@@H]3CCCNC3)N2)C1. The lowest BCUT2D eigenvalue weighted by Gasteiger charge is -2.43. The van der Waals surface area contributed by atoms with E-state index in [4.69, 9.17) is 4.98 Å². The molecule has 33 heavy (non-hydrogen) atoms. The molecule has 5 atom stereocenters. The Kier molecular flexibility index (Phi) is 6.37. The largest absolute Gasteiger partial charge is 0.390 e. The van der Waals surface area contributed by atoms with Gasteiger partial charge >= 0.3 is 0 Å². The predicted molar refractivity (Wildman–Crippen MR) is 128 cm³/mol. The minimum atomic E-state index is -0.726. The maximum Gasteiger partial charge on any atom is 0.234 e. The summed E-state index contributed by atoms with van der Waals surface area (Å²) in [6.07, 6.45) is 2.62. The van der Waals surface area contributed by atoms with Crippen LogP contribution in [0.1, 0.15) is 44.7 Å². The highest BCUT2D eigenvalue weighted by molar-refractivity contribution is 5.86. The third-order valence-corrected chi connectivity index (χ3v) is 7.47. The van der Waals surface area contributed by atoms with Gasteiger partial charge in [-0.05, 0) is 51.8 Å². The second-order valence-electron chi connectivity index (χ2n) is 10.3. The highest BCUT2D eigenvalue weighted by Gasteiger charge is 2.43. The van der Waals surface area contributed by atoms with Gasteiger partial charge in [0.1, 0.15) is 12.2 Å². The van der Waals surface area contributed by atoms with Crippen LogP contribution < -0.4 is 21.3 Å². The normalized spacial score (nSPS) is 31.6. The van der Waals surface area contributed by atoms with E-state index in [1.807, 2.05) is 50.2 Å². The average molecular weight is 453 g/mol. The Morgan fingerprint density at radius 2 is 2.03 bits per heavy atom. The number of hydrogen-bond donors (Lipinski definition) is 5. The Labute approximate surface area is 195 Å². The van der Waals surface area contributed by atoms with Crippen LogP contribution >= 0.6 is 0 Å². The smallest absolute Gasteiger partial charge is 0.234 e. The number of nitrogens with one attached hydrogen (secondary N) is 4. The summed E-state index contributed by atoms with van der Waals surface area (Å²) in [5.41, 5.74) is 0.945. The molecule has 4 heterocycles. The van der Waals surface area contributed by atoms with Crippen LogP contribution in [-0.4, -0.2) is 71.2 Å². The fourth-order valence-corrected chi connectivity index (χ4v) is 5.43. The first kappa shape index (κ1) is 22.7. The molecule has 3 aliphatic heterocycles. The van der Waals surface area contributed by atoms with Gasteiger partial charge in [0.2, 0.25) is 5.91 Å². The predicted octanol–water partition coefficient (Wildman–Crippen LogP) is 1.08. The van der Waals surface area contributed by atoms with Gasteiger partial charge in [-0.2, -0.15) is 0 Å². The first-order valence-corrected chi connectivity index (χ1v) is 12.2. The molecule has 1 aromatic carbocycles. The number of likely N-dealkylation sites (tertiary alicyclic amines) is 1. The number of carbonyl (C=O) groups is 1. The van der Waals surface area contributed by atoms with Gasteiger partial charge in [0.25, 0.3) is 0 Å². The van der Waals surface area contributed by atoms with Gasteiger partial charge in [-0.1, -0.05) is 24.3 Å². The van der Waals surface area contributed by atoms with E-state index in [-0.39, 0.29) is 24.3 Å². The standard InChI is InChI=1S/C25H36N6O2/c1-25(2,33)17-11-13-31(15-17)24-29-22(27-18-7-5-12-26-14-18)21(23(32)30-24)20-10-9-16-6-3-4-8-19(16)28-20/h3-4,6,8-10,17-18,21-22,24,26-27,29,33H,5,7,11-15H2,1-2H3,(H,30,32)/t17?,18-,21?,22?,24?/m1/s1. The molecule has 4 unspecified atom stereocenters. The lowest BCUT2D eigenvalue weighted by atomic mass is 9.90. The Morgan fingerprint density at radius 3 is 2.79 bits per heavy atom. The van der Waals surface area contributed by atoms with Gasteiger partial charge in [-0.25, -0.2) is 0 Å². The first-order valence-electron chi connectivity index (χ1n) is 12.2. The number of amides is 1. The molecule has 0 aliphatic carbocycles. The number of para-hydroxylation sites is 1. The van der Waals surface area contributed by atoms with Crippen molar-refractivity contribution < 1.29 is 9.90 Å². The van der Waals surface area contributed by atoms with E-state index in [0.29, 0.717) is 6.04 Å². The number of rotatable bonds is 5. The second kappa shape index (κ2) is 9.27. The van der Waals surface area contributed by atoms with Crippen LogP contribution in [0.4, 0.5) is 0 Å². The number of hydrogen-bond acceptors (Lipinski definition) is 7. The van der Waals surface area contributed by atoms with Crippen LogP contribution in [0.15, 0.2) is 36.4 Å². The highest BCUT2D eigenvalue weighted by Crippen LogP contribution is 2.30. The maximum atomic E-state index is 13.5. The Bertz CT molecular complexity index is 986. The van der Waals surface area contributed by atoms with Crippen molar-refractivity contribution in [2.24, 2.45) is 5.92 Å². The second-order valence-corrected chi connectivity index (χ2v) is 10.3. The average Bonchev–Trinajstić information content (AvgIpc) is 3.30. The van der Waals surface area contributed by atoms with Gasteiger partial charge < -0.3 is 15.7 Å². The van der Waals surface area contributed by atoms with E-state index in [1.54, 1.807) is 0 Å². The molecule has 5 N–H and O–H groups in total. The topological polar surface area (TPSA) is 102 Å². The summed E-state index contributed by atoms with van der Waals surface area (Å²) in [7, 11) is 0. The molecule has 0 radical (unpaired) electrons. The quantitative estimate of drug-likeness (QED) is 0.463. The summed E-state index contributed by atoms with van der Waals surface area (Å²) < 4.78 is 0. The minimum absolute atomic E-state index is 0.0190. The highest BCUT2D eigenvalue weighted by atomic mass is 16.3. The van der Waals surface area contributed by atoms with E-state index in [1.165, 1.54) is 0 Å². The Hall–Kier alpha value is -2.10.